The van der Waals surface area contributed by atoms with Crippen molar-refractivity contribution in [3.8, 4) is 16.9 Å². The quantitative estimate of drug-likeness (QED) is 0.262. The molecule has 0 bridgehead atoms. The van der Waals surface area contributed by atoms with Crippen LogP contribution in [0.4, 0.5) is 24.8 Å². The van der Waals surface area contributed by atoms with Crippen LogP contribution in [0.1, 0.15) is 5.56 Å². The Bertz CT molecular complexity index is 1940. The van der Waals surface area contributed by atoms with Crippen molar-refractivity contribution in [1.29, 1.82) is 0 Å². The molecule has 1 aliphatic heterocycles. The molecule has 0 aliphatic carbocycles. The maximum absolute atomic E-state index is 14.3. The number of aromatic nitrogens is 6. The Balaban J connectivity index is 1.62. The van der Waals surface area contributed by atoms with Crippen LogP contribution in [0.2, 0.25) is 0 Å². The van der Waals surface area contributed by atoms with Crippen molar-refractivity contribution in [2.24, 2.45) is 0 Å². The van der Waals surface area contributed by atoms with Crippen molar-refractivity contribution in [2.45, 2.75) is 6.18 Å². The van der Waals surface area contributed by atoms with Crippen molar-refractivity contribution < 1.29 is 13.2 Å². The molecule has 0 saturated carbocycles. The normalized spacial score (nSPS) is 14.0. The van der Waals surface area contributed by atoms with Gasteiger partial charge in [0.1, 0.15) is 5.52 Å². The summed E-state index contributed by atoms with van der Waals surface area (Å²) in [5.41, 5.74) is -1.44. The lowest BCUT2D eigenvalue weighted by atomic mass is 10.1. The highest BCUT2D eigenvalue weighted by Gasteiger charge is 2.36. The fourth-order valence-corrected chi connectivity index (χ4v) is 4.76. The van der Waals surface area contributed by atoms with Gasteiger partial charge in [-0.1, -0.05) is 0 Å². The molecule has 1 aromatic carbocycles. The molecule has 2 N–H and O–H groups in total. The van der Waals surface area contributed by atoms with Crippen molar-refractivity contribution in [2.75, 3.05) is 31.1 Å². The van der Waals surface area contributed by atoms with E-state index in [2.05, 4.69) is 35.1 Å². The zero-order chi connectivity index (χ0) is 28.0. The maximum atomic E-state index is 14.3. The number of piperazine rings is 1. The van der Waals surface area contributed by atoms with E-state index >= 15 is 0 Å². The van der Waals surface area contributed by atoms with Gasteiger partial charge in [-0.2, -0.15) is 23.1 Å². The molecule has 14 heteroatoms. The van der Waals surface area contributed by atoms with E-state index in [-0.39, 0.29) is 33.7 Å². The molecular weight excluding hydrogens is 527 g/mol. The SMILES string of the molecule is [C-]#[N+]c1ncc(-c2ccc3ncc4c(=O)[nH]c(=O)n(-c5ccc(N6CCNCC6)c(C(F)(F)F)c5)c4c3n2)cn1. The minimum atomic E-state index is -4.70. The van der Waals surface area contributed by atoms with E-state index in [1.807, 2.05) is 0 Å². The zero-order valence-corrected chi connectivity index (χ0v) is 20.5. The van der Waals surface area contributed by atoms with Gasteiger partial charge >= 0.3 is 17.8 Å². The van der Waals surface area contributed by atoms with Gasteiger partial charge in [0.2, 0.25) is 0 Å². The molecule has 0 amide bonds. The Morgan fingerprint density at radius 3 is 2.42 bits per heavy atom. The molecular formula is C26H18F3N9O2. The third kappa shape index (κ3) is 4.31. The van der Waals surface area contributed by atoms with Gasteiger partial charge in [-0.25, -0.2) is 9.78 Å². The van der Waals surface area contributed by atoms with Gasteiger partial charge in [-0.15, -0.1) is 6.57 Å². The van der Waals surface area contributed by atoms with Crippen LogP contribution < -0.4 is 21.5 Å². The highest BCUT2D eigenvalue weighted by Crippen LogP contribution is 2.38. The Hall–Kier alpha value is -5.16. The van der Waals surface area contributed by atoms with Gasteiger partial charge < -0.3 is 15.1 Å². The summed E-state index contributed by atoms with van der Waals surface area (Å²) in [5.74, 6) is -0.0539. The van der Waals surface area contributed by atoms with E-state index < -0.39 is 23.0 Å². The van der Waals surface area contributed by atoms with E-state index in [1.54, 1.807) is 17.0 Å². The monoisotopic (exact) mass is 545 g/mol. The van der Waals surface area contributed by atoms with Gasteiger partial charge in [-0.3, -0.25) is 19.3 Å². The second-order valence-corrected chi connectivity index (χ2v) is 9.00. The van der Waals surface area contributed by atoms with Gasteiger partial charge in [0.05, 0.1) is 51.3 Å². The summed E-state index contributed by atoms with van der Waals surface area (Å²) >= 11 is 0. The molecule has 1 aliphatic rings. The number of benzene rings is 1. The minimum Gasteiger partial charge on any atom is -0.394 e. The second-order valence-electron chi connectivity index (χ2n) is 9.00. The number of hydrogen-bond donors (Lipinski definition) is 2. The smallest absolute Gasteiger partial charge is 0.394 e. The highest BCUT2D eigenvalue weighted by atomic mass is 19.4. The summed E-state index contributed by atoms with van der Waals surface area (Å²) in [7, 11) is 0. The molecule has 5 aromatic rings. The second kappa shape index (κ2) is 9.54. The van der Waals surface area contributed by atoms with Crippen LogP contribution in [0.25, 0.3) is 43.7 Å². The number of fused-ring (bicyclic) bond motifs is 3. The lowest BCUT2D eigenvalue weighted by Gasteiger charge is -2.31. The molecule has 0 unspecified atom stereocenters. The molecule has 5 heterocycles. The summed E-state index contributed by atoms with van der Waals surface area (Å²) in [4.78, 5) is 49.7. The number of alkyl halides is 3. The predicted molar refractivity (Wildman–Crippen MR) is 141 cm³/mol. The van der Waals surface area contributed by atoms with Crippen molar-refractivity contribution >= 4 is 33.6 Å². The highest BCUT2D eigenvalue weighted by molar-refractivity contribution is 6.01. The largest absolute Gasteiger partial charge is 0.418 e. The number of pyridine rings is 2. The summed E-state index contributed by atoms with van der Waals surface area (Å²) < 4.78 is 43.9. The van der Waals surface area contributed by atoms with Gasteiger partial charge in [0.15, 0.2) is 0 Å². The Morgan fingerprint density at radius 2 is 1.73 bits per heavy atom. The van der Waals surface area contributed by atoms with Gasteiger partial charge in [0.25, 0.3) is 5.56 Å². The van der Waals surface area contributed by atoms with Gasteiger partial charge in [-0.05, 0) is 30.3 Å². The third-order valence-electron chi connectivity index (χ3n) is 6.61. The van der Waals surface area contributed by atoms with Crippen LogP contribution in [0.15, 0.2) is 58.5 Å². The number of nitrogens with one attached hydrogen (secondary N) is 2. The average Bonchev–Trinajstić information content (AvgIpc) is 2.96. The van der Waals surface area contributed by atoms with Crippen LogP contribution in [0, 0.1) is 6.57 Å². The first-order valence-corrected chi connectivity index (χ1v) is 12.1. The Morgan fingerprint density at radius 1 is 0.975 bits per heavy atom. The van der Waals surface area contributed by atoms with Gasteiger partial charge in [0, 0.05) is 38.1 Å². The topological polar surface area (TPSA) is 126 Å². The first-order valence-electron chi connectivity index (χ1n) is 12.1. The van der Waals surface area contributed by atoms with Crippen molar-refractivity contribution in [3.63, 3.8) is 0 Å². The molecule has 40 heavy (non-hydrogen) atoms. The number of hydrogen-bond acceptors (Lipinski definition) is 8. The predicted octanol–water partition coefficient (Wildman–Crippen LogP) is 3.06. The van der Waals surface area contributed by atoms with Crippen LogP contribution in [0.5, 0.6) is 0 Å². The Labute approximate surface area is 222 Å². The first-order chi connectivity index (χ1) is 19.2. The van der Waals surface area contributed by atoms with E-state index in [4.69, 9.17) is 6.57 Å². The standard InChI is InChI=1S/C26H18F3N9O2/c1-30-24-33-11-14(12-34-24)18-3-4-19-21(35-18)22-16(13-32-19)23(39)36-25(40)38(22)15-2-5-20(17(10-15)26(27,28)29)37-8-6-31-7-9-37/h2-5,10-13,31H,6-9H2,(H,36,39,40). The van der Waals surface area contributed by atoms with E-state index in [0.29, 0.717) is 43.0 Å². The Kier molecular flexibility index (Phi) is 6.00. The fraction of sp³-hybridized carbons (Fsp3) is 0.192. The first kappa shape index (κ1) is 25.1. The molecule has 4 aromatic heterocycles. The number of nitrogens with zero attached hydrogens (tertiary/aromatic N) is 7. The summed E-state index contributed by atoms with van der Waals surface area (Å²) in [5, 5.41) is 3.08. The van der Waals surface area contributed by atoms with Crippen LogP contribution in [-0.2, 0) is 6.18 Å². The molecule has 6 rings (SSSR count). The molecule has 1 saturated heterocycles. The lowest BCUT2D eigenvalue weighted by Crippen LogP contribution is -2.44. The number of aromatic amines is 1. The van der Waals surface area contributed by atoms with E-state index in [9.17, 15) is 22.8 Å². The minimum absolute atomic E-state index is 0.00217. The van der Waals surface area contributed by atoms with Crippen molar-refractivity contribution in [3.05, 3.63) is 86.7 Å². The van der Waals surface area contributed by atoms with E-state index in [0.717, 1.165) is 10.6 Å². The van der Waals surface area contributed by atoms with Crippen LogP contribution in [0.3, 0.4) is 0 Å². The molecule has 1 fully saturated rings. The summed E-state index contributed by atoms with van der Waals surface area (Å²) in [6.45, 7) is 8.90. The van der Waals surface area contributed by atoms with Crippen LogP contribution >= 0.6 is 0 Å². The fourth-order valence-electron chi connectivity index (χ4n) is 4.76. The molecule has 200 valence electrons. The maximum Gasteiger partial charge on any atom is 0.418 e. The third-order valence-corrected chi connectivity index (χ3v) is 6.61. The number of halogens is 3. The average molecular weight is 545 g/mol. The summed E-state index contributed by atoms with van der Waals surface area (Å²) in [6.07, 6.45) is -0.652. The lowest BCUT2D eigenvalue weighted by molar-refractivity contribution is -0.137. The molecule has 0 radical (unpaired) electrons. The van der Waals surface area contributed by atoms with Crippen molar-refractivity contribution in [1.82, 2.24) is 34.8 Å². The number of rotatable bonds is 3. The number of anilines is 1. The zero-order valence-electron chi connectivity index (χ0n) is 20.5. The van der Waals surface area contributed by atoms with Crippen LogP contribution in [-0.4, -0.2) is 55.7 Å². The molecule has 0 atom stereocenters. The molecule has 0 spiro atoms. The molecule has 11 nitrogen and oxygen atoms in total. The number of H-pyrrole nitrogens is 1. The van der Waals surface area contributed by atoms with E-state index in [1.165, 1.54) is 30.7 Å². The summed E-state index contributed by atoms with van der Waals surface area (Å²) in [6, 6.07) is 6.88.